The number of aryl methyl sites for hydroxylation is 1. The van der Waals surface area contributed by atoms with E-state index in [1.807, 2.05) is 36.4 Å². The van der Waals surface area contributed by atoms with Gasteiger partial charge in [0.05, 0.1) is 12.9 Å². The van der Waals surface area contributed by atoms with Crippen LogP contribution in [0.2, 0.25) is 0 Å². The number of benzene rings is 2. The molecular formula is C24H25N3O4S. The SMILES string of the molecule is COC(=O)c1c(SCC(=O)NCCC(c2ccccc2)c2ccccc2)nc(=O)[nH]c1C. The van der Waals surface area contributed by atoms with Crippen LogP contribution in [0.1, 0.15) is 39.5 Å². The van der Waals surface area contributed by atoms with Crippen LogP contribution in [-0.4, -0.2) is 41.3 Å². The molecule has 8 heteroatoms. The molecule has 32 heavy (non-hydrogen) atoms. The molecule has 1 amide bonds. The Labute approximate surface area is 190 Å². The van der Waals surface area contributed by atoms with E-state index in [9.17, 15) is 14.4 Å². The number of thioether (sulfide) groups is 1. The Balaban J connectivity index is 1.61. The molecule has 0 bridgehead atoms. The van der Waals surface area contributed by atoms with Gasteiger partial charge >= 0.3 is 11.7 Å². The molecule has 2 aromatic carbocycles. The zero-order valence-electron chi connectivity index (χ0n) is 18.0. The molecule has 7 nitrogen and oxygen atoms in total. The van der Waals surface area contributed by atoms with Gasteiger partial charge in [-0.25, -0.2) is 9.59 Å². The van der Waals surface area contributed by atoms with Crippen molar-refractivity contribution in [3.63, 3.8) is 0 Å². The molecule has 0 saturated heterocycles. The molecule has 3 rings (SSSR count). The van der Waals surface area contributed by atoms with Crippen molar-refractivity contribution in [1.29, 1.82) is 0 Å². The van der Waals surface area contributed by atoms with Gasteiger partial charge in [-0.2, -0.15) is 4.98 Å². The lowest BCUT2D eigenvalue weighted by molar-refractivity contribution is -0.118. The molecule has 0 radical (unpaired) electrons. The summed E-state index contributed by atoms with van der Waals surface area (Å²) < 4.78 is 4.76. The van der Waals surface area contributed by atoms with Gasteiger partial charge in [0.25, 0.3) is 0 Å². The number of amides is 1. The van der Waals surface area contributed by atoms with E-state index in [-0.39, 0.29) is 28.2 Å². The Morgan fingerprint density at radius 3 is 2.22 bits per heavy atom. The first kappa shape index (κ1) is 23.3. The summed E-state index contributed by atoms with van der Waals surface area (Å²) in [5.41, 5.74) is 2.32. The molecule has 0 spiro atoms. The molecule has 2 N–H and O–H groups in total. The first-order valence-electron chi connectivity index (χ1n) is 10.2. The summed E-state index contributed by atoms with van der Waals surface area (Å²) in [7, 11) is 1.25. The second-order valence-corrected chi connectivity index (χ2v) is 8.10. The molecule has 0 aliphatic heterocycles. The van der Waals surface area contributed by atoms with E-state index in [1.54, 1.807) is 6.92 Å². The van der Waals surface area contributed by atoms with Crippen molar-refractivity contribution in [3.8, 4) is 0 Å². The van der Waals surface area contributed by atoms with Gasteiger partial charge in [-0.15, -0.1) is 0 Å². The molecule has 1 heterocycles. The van der Waals surface area contributed by atoms with Crippen LogP contribution in [0.5, 0.6) is 0 Å². The van der Waals surface area contributed by atoms with E-state index in [2.05, 4.69) is 39.6 Å². The van der Waals surface area contributed by atoms with Crippen molar-refractivity contribution in [2.24, 2.45) is 0 Å². The molecule has 0 atom stereocenters. The minimum absolute atomic E-state index is 0.0290. The molecule has 0 aliphatic carbocycles. The van der Waals surface area contributed by atoms with Crippen molar-refractivity contribution in [3.05, 3.63) is 93.5 Å². The maximum atomic E-state index is 12.4. The highest BCUT2D eigenvalue weighted by Gasteiger charge is 2.20. The third kappa shape index (κ3) is 6.07. The van der Waals surface area contributed by atoms with Gasteiger partial charge in [0.1, 0.15) is 10.6 Å². The third-order valence-corrected chi connectivity index (χ3v) is 5.95. The van der Waals surface area contributed by atoms with E-state index in [0.717, 1.165) is 18.2 Å². The molecule has 3 aromatic rings. The lowest BCUT2D eigenvalue weighted by Crippen LogP contribution is -2.28. The molecule has 0 fully saturated rings. The first-order chi connectivity index (χ1) is 15.5. The number of esters is 1. The van der Waals surface area contributed by atoms with Crippen molar-refractivity contribution in [2.75, 3.05) is 19.4 Å². The van der Waals surface area contributed by atoms with E-state index < -0.39 is 11.7 Å². The maximum absolute atomic E-state index is 12.4. The number of carbonyl (C=O) groups excluding carboxylic acids is 2. The van der Waals surface area contributed by atoms with E-state index >= 15 is 0 Å². The second kappa shape index (κ2) is 11.3. The summed E-state index contributed by atoms with van der Waals surface area (Å²) in [4.78, 5) is 42.5. The van der Waals surface area contributed by atoms with Gasteiger partial charge in [-0.05, 0) is 24.5 Å². The lowest BCUT2D eigenvalue weighted by Gasteiger charge is -2.18. The highest BCUT2D eigenvalue weighted by Crippen LogP contribution is 2.27. The fourth-order valence-electron chi connectivity index (χ4n) is 3.44. The quantitative estimate of drug-likeness (QED) is 0.294. The molecule has 166 valence electrons. The fraction of sp³-hybridized carbons (Fsp3) is 0.250. The van der Waals surface area contributed by atoms with Crippen molar-refractivity contribution >= 4 is 23.6 Å². The Morgan fingerprint density at radius 2 is 1.66 bits per heavy atom. The van der Waals surface area contributed by atoms with E-state index in [0.29, 0.717) is 12.2 Å². The maximum Gasteiger partial charge on any atom is 0.346 e. The second-order valence-electron chi connectivity index (χ2n) is 7.14. The zero-order chi connectivity index (χ0) is 22.9. The standard InChI is InChI=1S/C24H25N3O4S/c1-16-21(23(29)31-2)22(27-24(30)26-16)32-15-20(28)25-14-13-19(17-9-5-3-6-10-17)18-11-7-4-8-12-18/h3-12,19H,13-15H2,1-2H3,(H,25,28)(H,26,27,30). The Morgan fingerprint density at radius 1 is 1.06 bits per heavy atom. The largest absolute Gasteiger partial charge is 0.465 e. The summed E-state index contributed by atoms with van der Waals surface area (Å²) >= 11 is 1.03. The van der Waals surface area contributed by atoms with Crippen LogP contribution in [-0.2, 0) is 9.53 Å². The minimum atomic E-state index is -0.609. The van der Waals surface area contributed by atoms with Gasteiger partial charge in [-0.3, -0.25) is 4.79 Å². The summed E-state index contributed by atoms with van der Waals surface area (Å²) in [6, 6.07) is 20.4. The molecule has 0 aliphatic rings. The number of aromatic nitrogens is 2. The van der Waals surface area contributed by atoms with E-state index in [4.69, 9.17) is 4.74 Å². The zero-order valence-corrected chi connectivity index (χ0v) is 18.8. The number of aromatic amines is 1. The first-order valence-corrected chi connectivity index (χ1v) is 11.2. The Bertz CT molecular complexity index is 1080. The molecule has 0 unspecified atom stereocenters. The fourth-order valence-corrected chi connectivity index (χ4v) is 4.34. The minimum Gasteiger partial charge on any atom is -0.465 e. The number of methoxy groups -OCH3 is 1. The van der Waals surface area contributed by atoms with Gasteiger partial charge in [0.2, 0.25) is 5.91 Å². The Kier molecular flexibility index (Phi) is 8.21. The number of ether oxygens (including phenoxy) is 1. The highest BCUT2D eigenvalue weighted by atomic mass is 32.2. The average Bonchev–Trinajstić information content (AvgIpc) is 2.81. The average molecular weight is 452 g/mol. The monoisotopic (exact) mass is 451 g/mol. The number of hydrogen-bond acceptors (Lipinski definition) is 6. The van der Waals surface area contributed by atoms with Gasteiger partial charge in [0.15, 0.2) is 0 Å². The predicted molar refractivity (Wildman–Crippen MR) is 124 cm³/mol. The number of hydrogen-bond donors (Lipinski definition) is 2. The molecular weight excluding hydrogens is 426 g/mol. The smallest absolute Gasteiger partial charge is 0.346 e. The normalized spacial score (nSPS) is 10.7. The summed E-state index contributed by atoms with van der Waals surface area (Å²) in [6.45, 7) is 2.08. The van der Waals surface area contributed by atoms with Gasteiger partial charge < -0.3 is 15.0 Å². The van der Waals surface area contributed by atoms with Crippen LogP contribution in [0.4, 0.5) is 0 Å². The van der Waals surface area contributed by atoms with Crippen LogP contribution in [0.3, 0.4) is 0 Å². The number of carbonyl (C=O) groups is 2. The van der Waals surface area contributed by atoms with Crippen molar-refractivity contribution in [1.82, 2.24) is 15.3 Å². The van der Waals surface area contributed by atoms with Gasteiger partial charge in [-0.1, -0.05) is 72.4 Å². The highest BCUT2D eigenvalue weighted by molar-refractivity contribution is 8.00. The van der Waals surface area contributed by atoms with Crippen LogP contribution in [0, 0.1) is 6.92 Å². The predicted octanol–water partition coefficient (Wildman–Crippen LogP) is 3.30. The van der Waals surface area contributed by atoms with Crippen LogP contribution in [0.15, 0.2) is 70.5 Å². The number of rotatable bonds is 9. The van der Waals surface area contributed by atoms with Crippen molar-refractivity contribution < 1.29 is 14.3 Å². The summed E-state index contributed by atoms with van der Waals surface area (Å²) in [6.07, 6.45) is 0.736. The number of nitrogens with one attached hydrogen (secondary N) is 2. The van der Waals surface area contributed by atoms with E-state index in [1.165, 1.54) is 18.2 Å². The molecule has 0 saturated carbocycles. The Hall–Kier alpha value is -3.39. The third-order valence-electron chi connectivity index (χ3n) is 4.97. The topological polar surface area (TPSA) is 101 Å². The summed E-state index contributed by atoms with van der Waals surface area (Å²) in [5.74, 6) is -0.622. The van der Waals surface area contributed by atoms with Crippen LogP contribution in [0.25, 0.3) is 0 Å². The van der Waals surface area contributed by atoms with Crippen molar-refractivity contribution in [2.45, 2.75) is 24.3 Å². The number of nitrogens with zero attached hydrogens (tertiary/aromatic N) is 1. The molecule has 1 aromatic heterocycles. The van der Waals surface area contributed by atoms with Crippen LogP contribution < -0.4 is 11.0 Å². The summed E-state index contributed by atoms with van der Waals surface area (Å²) in [5, 5.41) is 3.11. The lowest BCUT2D eigenvalue weighted by atomic mass is 9.88. The van der Waals surface area contributed by atoms with Crippen LogP contribution >= 0.6 is 11.8 Å². The number of H-pyrrole nitrogens is 1. The van der Waals surface area contributed by atoms with Gasteiger partial charge in [0, 0.05) is 18.2 Å².